The lowest BCUT2D eigenvalue weighted by Crippen LogP contribution is -2.52. The molecule has 2 atom stereocenters. The lowest BCUT2D eigenvalue weighted by molar-refractivity contribution is -0.136. The number of nitrogens with zero attached hydrogens (tertiary/aromatic N) is 1. The lowest BCUT2D eigenvalue weighted by Gasteiger charge is -2.34. The van der Waals surface area contributed by atoms with E-state index in [0.29, 0.717) is 12.5 Å². The number of nitrogens with one attached hydrogen (secondary N) is 1. The summed E-state index contributed by atoms with van der Waals surface area (Å²) in [6, 6.07) is -0.0475. The van der Waals surface area contributed by atoms with Crippen LogP contribution in [0.3, 0.4) is 0 Å². The molecule has 0 aromatic carbocycles. The van der Waals surface area contributed by atoms with Crippen molar-refractivity contribution in [3.05, 3.63) is 0 Å². The third-order valence-electron chi connectivity index (χ3n) is 4.83. The molecule has 0 radical (unpaired) electrons. The van der Waals surface area contributed by atoms with Crippen LogP contribution < -0.4 is 5.32 Å². The average molecular weight is 268 g/mol. The summed E-state index contributed by atoms with van der Waals surface area (Å²) >= 11 is 0. The van der Waals surface area contributed by atoms with Gasteiger partial charge in [0.2, 0.25) is 5.91 Å². The SMILES string of the molecule is CCC1CCNC(C(=O)N(C)CC2(O)CCCC2)C1. The number of carbonyl (C=O) groups excluding carboxylic acids is 1. The van der Waals surface area contributed by atoms with Gasteiger partial charge in [0.25, 0.3) is 0 Å². The van der Waals surface area contributed by atoms with Crippen LogP contribution in [0.2, 0.25) is 0 Å². The highest BCUT2D eigenvalue weighted by atomic mass is 16.3. The van der Waals surface area contributed by atoms with Gasteiger partial charge in [-0.15, -0.1) is 0 Å². The van der Waals surface area contributed by atoms with E-state index in [9.17, 15) is 9.90 Å². The number of amides is 1. The molecule has 1 aliphatic heterocycles. The van der Waals surface area contributed by atoms with Crippen LogP contribution in [0.4, 0.5) is 0 Å². The maximum atomic E-state index is 12.4. The Balaban J connectivity index is 1.87. The van der Waals surface area contributed by atoms with Crippen molar-refractivity contribution in [1.82, 2.24) is 10.2 Å². The second-order valence-electron chi connectivity index (χ2n) is 6.43. The number of piperidine rings is 1. The van der Waals surface area contributed by atoms with E-state index in [4.69, 9.17) is 0 Å². The van der Waals surface area contributed by atoms with Gasteiger partial charge in [-0.25, -0.2) is 0 Å². The molecule has 110 valence electrons. The van der Waals surface area contributed by atoms with Crippen molar-refractivity contribution in [3.8, 4) is 0 Å². The number of hydrogen-bond donors (Lipinski definition) is 2. The van der Waals surface area contributed by atoms with Gasteiger partial charge in [-0.1, -0.05) is 26.2 Å². The van der Waals surface area contributed by atoms with Crippen LogP contribution >= 0.6 is 0 Å². The molecule has 19 heavy (non-hydrogen) atoms. The minimum atomic E-state index is -0.636. The van der Waals surface area contributed by atoms with Crippen LogP contribution in [-0.2, 0) is 4.79 Å². The molecule has 1 heterocycles. The molecule has 2 unspecified atom stereocenters. The molecule has 2 rings (SSSR count). The van der Waals surface area contributed by atoms with Gasteiger partial charge in [-0.3, -0.25) is 4.79 Å². The quantitative estimate of drug-likeness (QED) is 0.813. The van der Waals surface area contributed by atoms with Crippen molar-refractivity contribution in [3.63, 3.8) is 0 Å². The van der Waals surface area contributed by atoms with Crippen LogP contribution in [0.15, 0.2) is 0 Å². The van der Waals surface area contributed by atoms with E-state index in [1.54, 1.807) is 4.90 Å². The molecule has 1 amide bonds. The summed E-state index contributed by atoms with van der Waals surface area (Å²) in [7, 11) is 1.83. The van der Waals surface area contributed by atoms with Crippen LogP contribution in [0.5, 0.6) is 0 Å². The van der Waals surface area contributed by atoms with Crippen molar-refractivity contribution in [2.45, 2.75) is 63.5 Å². The van der Waals surface area contributed by atoms with E-state index in [1.807, 2.05) is 7.05 Å². The Morgan fingerprint density at radius 2 is 2.11 bits per heavy atom. The first kappa shape index (κ1) is 14.8. The summed E-state index contributed by atoms with van der Waals surface area (Å²) in [6.07, 6.45) is 7.10. The fourth-order valence-corrected chi connectivity index (χ4v) is 3.53. The molecule has 1 saturated carbocycles. The van der Waals surface area contributed by atoms with Crippen molar-refractivity contribution in [1.29, 1.82) is 0 Å². The summed E-state index contributed by atoms with van der Waals surface area (Å²) < 4.78 is 0. The standard InChI is InChI=1S/C15H28N2O2/c1-3-12-6-9-16-13(10-12)14(18)17(2)11-15(19)7-4-5-8-15/h12-13,16,19H,3-11H2,1-2H3. The summed E-state index contributed by atoms with van der Waals surface area (Å²) in [5.41, 5.74) is -0.636. The summed E-state index contributed by atoms with van der Waals surface area (Å²) in [4.78, 5) is 14.2. The zero-order valence-corrected chi connectivity index (χ0v) is 12.3. The third-order valence-corrected chi connectivity index (χ3v) is 4.83. The number of aliphatic hydroxyl groups is 1. The van der Waals surface area contributed by atoms with Gasteiger partial charge in [-0.05, 0) is 38.1 Å². The van der Waals surface area contributed by atoms with Crippen molar-refractivity contribution in [2.75, 3.05) is 20.1 Å². The molecule has 0 spiro atoms. The molecule has 0 aromatic rings. The third kappa shape index (κ3) is 3.69. The van der Waals surface area contributed by atoms with Gasteiger partial charge in [-0.2, -0.15) is 0 Å². The smallest absolute Gasteiger partial charge is 0.239 e. The van der Waals surface area contributed by atoms with Gasteiger partial charge in [0.05, 0.1) is 11.6 Å². The first-order chi connectivity index (χ1) is 9.04. The summed E-state index contributed by atoms with van der Waals surface area (Å²) in [6.45, 7) is 3.62. The number of likely N-dealkylation sites (N-methyl/N-ethyl adjacent to an activating group) is 1. The van der Waals surface area contributed by atoms with E-state index in [-0.39, 0.29) is 11.9 Å². The molecular formula is C15H28N2O2. The number of rotatable bonds is 4. The Hall–Kier alpha value is -0.610. The molecule has 0 aromatic heterocycles. The minimum Gasteiger partial charge on any atom is -0.388 e. The molecule has 1 saturated heterocycles. The normalized spacial score (nSPS) is 30.3. The fourth-order valence-electron chi connectivity index (χ4n) is 3.53. The highest BCUT2D eigenvalue weighted by Gasteiger charge is 2.35. The Morgan fingerprint density at radius 1 is 1.42 bits per heavy atom. The highest BCUT2D eigenvalue weighted by molar-refractivity contribution is 5.81. The minimum absolute atomic E-state index is 0.0475. The second-order valence-corrected chi connectivity index (χ2v) is 6.43. The topological polar surface area (TPSA) is 52.6 Å². The van der Waals surface area contributed by atoms with Crippen LogP contribution in [0.25, 0.3) is 0 Å². The Bertz CT molecular complexity index is 313. The van der Waals surface area contributed by atoms with Gasteiger partial charge < -0.3 is 15.3 Å². The van der Waals surface area contributed by atoms with Crippen molar-refractivity contribution in [2.24, 2.45) is 5.92 Å². The Morgan fingerprint density at radius 3 is 2.74 bits per heavy atom. The maximum absolute atomic E-state index is 12.4. The molecule has 2 aliphatic rings. The first-order valence-corrected chi connectivity index (χ1v) is 7.75. The summed E-state index contributed by atoms with van der Waals surface area (Å²) in [5, 5.41) is 13.7. The molecule has 2 fully saturated rings. The largest absolute Gasteiger partial charge is 0.388 e. The fraction of sp³-hybridized carbons (Fsp3) is 0.933. The van der Waals surface area contributed by atoms with E-state index < -0.39 is 5.60 Å². The van der Waals surface area contributed by atoms with Crippen LogP contribution in [-0.4, -0.2) is 47.7 Å². The molecule has 0 bridgehead atoms. The van der Waals surface area contributed by atoms with Gasteiger partial charge >= 0.3 is 0 Å². The van der Waals surface area contributed by atoms with E-state index in [2.05, 4.69) is 12.2 Å². The van der Waals surface area contributed by atoms with Crippen LogP contribution in [0, 0.1) is 5.92 Å². The highest BCUT2D eigenvalue weighted by Crippen LogP contribution is 2.30. The van der Waals surface area contributed by atoms with Gasteiger partial charge in [0.1, 0.15) is 0 Å². The second kappa shape index (κ2) is 6.23. The van der Waals surface area contributed by atoms with E-state index in [0.717, 1.165) is 45.1 Å². The Kier molecular flexibility index (Phi) is 4.85. The average Bonchev–Trinajstić information content (AvgIpc) is 2.84. The summed E-state index contributed by atoms with van der Waals surface area (Å²) in [5.74, 6) is 0.816. The predicted octanol–water partition coefficient (Wildman–Crippen LogP) is 1.53. The van der Waals surface area contributed by atoms with Gasteiger partial charge in [0.15, 0.2) is 0 Å². The molecule has 1 aliphatic carbocycles. The maximum Gasteiger partial charge on any atom is 0.239 e. The number of hydrogen-bond acceptors (Lipinski definition) is 3. The lowest BCUT2D eigenvalue weighted by atomic mass is 9.89. The number of carbonyl (C=O) groups is 1. The Labute approximate surface area is 116 Å². The predicted molar refractivity (Wildman–Crippen MR) is 75.9 cm³/mol. The van der Waals surface area contributed by atoms with Crippen LogP contribution in [0.1, 0.15) is 51.9 Å². The zero-order chi connectivity index (χ0) is 13.9. The van der Waals surface area contributed by atoms with E-state index >= 15 is 0 Å². The van der Waals surface area contributed by atoms with Gasteiger partial charge in [0, 0.05) is 13.6 Å². The molecule has 2 N–H and O–H groups in total. The first-order valence-electron chi connectivity index (χ1n) is 7.75. The molecule has 4 heteroatoms. The van der Waals surface area contributed by atoms with Crippen molar-refractivity contribution >= 4 is 5.91 Å². The van der Waals surface area contributed by atoms with Crippen molar-refractivity contribution < 1.29 is 9.90 Å². The molecule has 4 nitrogen and oxygen atoms in total. The van der Waals surface area contributed by atoms with E-state index in [1.165, 1.54) is 6.42 Å². The monoisotopic (exact) mass is 268 g/mol. The molecular weight excluding hydrogens is 240 g/mol. The zero-order valence-electron chi connectivity index (χ0n) is 12.3.